The average molecular weight is 219 g/mol. The summed E-state index contributed by atoms with van der Waals surface area (Å²) in [7, 11) is 0. The van der Waals surface area contributed by atoms with E-state index in [1.165, 1.54) is 0 Å². The average Bonchev–Trinajstić information content (AvgIpc) is 2.82. The van der Waals surface area contributed by atoms with Gasteiger partial charge in [0, 0.05) is 26.2 Å². The minimum Gasteiger partial charge on any atom is -0.468 e. The maximum Gasteiger partial charge on any atom is 0.117 e. The van der Waals surface area contributed by atoms with E-state index in [0.717, 1.165) is 38.5 Å². The lowest BCUT2D eigenvalue weighted by atomic mass is 10.2. The highest BCUT2D eigenvalue weighted by Gasteiger charge is 2.20. The molecule has 2 heterocycles. The van der Waals surface area contributed by atoms with Gasteiger partial charge in [-0.1, -0.05) is 0 Å². The Balaban J connectivity index is 1.80. The number of nitriles is 1. The smallest absolute Gasteiger partial charge is 0.117 e. The Morgan fingerprint density at radius 2 is 2.19 bits per heavy atom. The number of nitrogens with zero attached hydrogens (tertiary/aromatic N) is 3. The molecule has 0 bridgehead atoms. The van der Waals surface area contributed by atoms with Crippen molar-refractivity contribution in [2.75, 3.05) is 26.2 Å². The zero-order chi connectivity index (χ0) is 11.4. The van der Waals surface area contributed by atoms with Crippen molar-refractivity contribution in [1.29, 1.82) is 5.26 Å². The quantitative estimate of drug-likeness (QED) is 0.768. The van der Waals surface area contributed by atoms with Gasteiger partial charge in [-0.3, -0.25) is 9.80 Å². The van der Waals surface area contributed by atoms with Crippen LogP contribution in [0.15, 0.2) is 22.8 Å². The molecule has 0 N–H and O–H groups in total. The van der Waals surface area contributed by atoms with Crippen molar-refractivity contribution in [2.45, 2.75) is 19.5 Å². The summed E-state index contributed by atoms with van der Waals surface area (Å²) in [4.78, 5) is 4.58. The molecular weight excluding hydrogens is 202 g/mol. The number of piperazine rings is 1. The van der Waals surface area contributed by atoms with Gasteiger partial charge in [0.2, 0.25) is 0 Å². The van der Waals surface area contributed by atoms with E-state index in [9.17, 15) is 0 Å². The highest BCUT2D eigenvalue weighted by molar-refractivity contribution is 4.98. The predicted molar refractivity (Wildman–Crippen MR) is 60.6 cm³/mol. The molecule has 86 valence electrons. The standard InChI is InChI=1S/C12H17N3O/c1-11(9-13)15-6-4-14(5-7-15)10-12-3-2-8-16-12/h2-3,8,11H,4-7,10H2,1H3. The SMILES string of the molecule is CC(C#N)N1CCN(Cc2ccco2)CC1. The second-order valence-corrected chi connectivity index (χ2v) is 4.20. The van der Waals surface area contributed by atoms with E-state index in [0.29, 0.717) is 0 Å². The van der Waals surface area contributed by atoms with Gasteiger partial charge in [0.15, 0.2) is 0 Å². The normalized spacial score (nSPS) is 20.5. The van der Waals surface area contributed by atoms with Crippen molar-refractivity contribution in [3.63, 3.8) is 0 Å². The number of hydrogen-bond donors (Lipinski definition) is 0. The van der Waals surface area contributed by atoms with Gasteiger partial charge in [-0.15, -0.1) is 0 Å². The predicted octanol–water partition coefficient (Wildman–Crippen LogP) is 1.31. The van der Waals surface area contributed by atoms with Crippen LogP contribution < -0.4 is 0 Å². The van der Waals surface area contributed by atoms with Gasteiger partial charge in [-0.05, 0) is 19.1 Å². The number of rotatable bonds is 3. The van der Waals surface area contributed by atoms with Crippen LogP contribution in [-0.2, 0) is 6.54 Å². The van der Waals surface area contributed by atoms with Crippen LogP contribution >= 0.6 is 0 Å². The maximum absolute atomic E-state index is 8.84. The summed E-state index contributed by atoms with van der Waals surface area (Å²) in [5.74, 6) is 1.02. The first-order valence-electron chi connectivity index (χ1n) is 5.68. The molecule has 0 radical (unpaired) electrons. The molecular formula is C12H17N3O. The molecule has 1 aliphatic rings. The Labute approximate surface area is 96.1 Å². The molecule has 1 fully saturated rings. The van der Waals surface area contributed by atoms with Crippen LogP contribution in [0.1, 0.15) is 12.7 Å². The third-order valence-electron chi connectivity index (χ3n) is 3.10. The van der Waals surface area contributed by atoms with Crippen LogP contribution in [0.3, 0.4) is 0 Å². The van der Waals surface area contributed by atoms with E-state index in [2.05, 4.69) is 15.9 Å². The minimum absolute atomic E-state index is 0.0331. The lowest BCUT2D eigenvalue weighted by Crippen LogP contribution is -2.48. The topological polar surface area (TPSA) is 43.4 Å². The lowest BCUT2D eigenvalue weighted by molar-refractivity contribution is 0.109. The molecule has 4 nitrogen and oxygen atoms in total. The highest BCUT2D eigenvalue weighted by atomic mass is 16.3. The summed E-state index contributed by atoms with van der Waals surface area (Å²) in [6.07, 6.45) is 1.71. The van der Waals surface area contributed by atoms with Crippen LogP contribution in [0.4, 0.5) is 0 Å². The molecule has 0 aliphatic carbocycles. The van der Waals surface area contributed by atoms with Crippen molar-refractivity contribution in [3.8, 4) is 6.07 Å². The molecule has 2 rings (SSSR count). The second kappa shape index (κ2) is 5.15. The summed E-state index contributed by atoms with van der Waals surface area (Å²) in [6, 6.07) is 6.24. The fourth-order valence-electron chi connectivity index (χ4n) is 2.01. The molecule has 1 unspecified atom stereocenters. The summed E-state index contributed by atoms with van der Waals surface area (Å²) < 4.78 is 5.32. The van der Waals surface area contributed by atoms with E-state index in [-0.39, 0.29) is 6.04 Å². The Morgan fingerprint density at radius 3 is 2.75 bits per heavy atom. The van der Waals surface area contributed by atoms with Crippen molar-refractivity contribution in [1.82, 2.24) is 9.80 Å². The van der Waals surface area contributed by atoms with Crippen molar-refractivity contribution in [2.24, 2.45) is 0 Å². The summed E-state index contributed by atoms with van der Waals surface area (Å²) >= 11 is 0. The van der Waals surface area contributed by atoms with E-state index < -0.39 is 0 Å². The Hall–Kier alpha value is -1.31. The molecule has 1 atom stereocenters. The fraction of sp³-hybridized carbons (Fsp3) is 0.583. The minimum atomic E-state index is 0.0331. The monoisotopic (exact) mass is 219 g/mol. The summed E-state index contributed by atoms with van der Waals surface area (Å²) in [5.41, 5.74) is 0. The molecule has 1 aromatic rings. The van der Waals surface area contributed by atoms with Crippen LogP contribution in [-0.4, -0.2) is 42.0 Å². The number of hydrogen-bond acceptors (Lipinski definition) is 4. The molecule has 1 aromatic heterocycles. The van der Waals surface area contributed by atoms with E-state index in [1.807, 2.05) is 19.1 Å². The van der Waals surface area contributed by atoms with Gasteiger partial charge in [0.1, 0.15) is 5.76 Å². The molecule has 0 amide bonds. The van der Waals surface area contributed by atoms with Crippen molar-refractivity contribution in [3.05, 3.63) is 24.2 Å². The molecule has 4 heteroatoms. The van der Waals surface area contributed by atoms with Gasteiger partial charge >= 0.3 is 0 Å². The molecule has 0 spiro atoms. The Bertz CT molecular complexity index is 347. The van der Waals surface area contributed by atoms with Crippen molar-refractivity contribution >= 4 is 0 Å². The fourth-order valence-corrected chi connectivity index (χ4v) is 2.01. The maximum atomic E-state index is 8.84. The first kappa shape index (κ1) is 11.2. The van der Waals surface area contributed by atoms with E-state index in [4.69, 9.17) is 9.68 Å². The molecule has 1 aliphatic heterocycles. The highest BCUT2D eigenvalue weighted by Crippen LogP contribution is 2.10. The van der Waals surface area contributed by atoms with Crippen LogP contribution in [0.5, 0.6) is 0 Å². The van der Waals surface area contributed by atoms with Gasteiger partial charge in [0.05, 0.1) is 24.9 Å². The first-order chi connectivity index (χ1) is 7.79. The van der Waals surface area contributed by atoms with Crippen molar-refractivity contribution < 1.29 is 4.42 Å². The Morgan fingerprint density at radius 1 is 1.44 bits per heavy atom. The van der Waals surface area contributed by atoms with E-state index in [1.54, 1.807) is 6.26 Å². The zero-order valence-corrected chi connectivity index (χ0v) is 9.59. The van der Waals surface area contributed by atoms with Crippen LogP contribution in [0, 0.1) is 11.3 Å². The lowest BCUT2D eigenvalue weighted by Gasteiger charge is -2.35. The van der Waals surface area contributed by atoms with Gasteiger partial charge < -0.3 is 4.42 Å². The van der Waals surface area contributed by atoms with E-state index >= 15 is 0 Å². The third kappa shape index (κ3) is 2.63. The number of furan rings is 1. The van der Waals surface area contributed by atoms with Gasteiger partial charge in [-0.2, -0.15) is 5.26 Å². The third-order valence-corrected chi connectivity index (χ3v) is 3.10. The first-order valence-corrected chi connectivity index (χ1v) is 5.68. The second-order valence-electron chi connectivity index (χ2n) is 4.20. The van der Waals surface area contributed by atoms with Gasteiger partial charge in [-0.25, -0.2) is 0 Å². The largest absolute Gasteiger partial charge is 0.468 e. The molecule has 0 saturated carbocycles. The Kier molecular flexibility index (Phi) is 3.60. The van der Waals surface area contributed by atoms with Crippen LogP contribution in [0.25, 0.3) is 0 Å². The molecule has 1 saturated heterocycles. The van der Waals surface area contributed by atoms with Crippen LogP contribution in [0.2, 0.25) is 0 Å². The van der Waals surface area contributed by atoms with Gasteiger partial charge in [0.25, 0.3) is 0 Å². The zero-order valence-electron chi connectivity index (χ0n) is 9.59. The summed E-state index contributed by atoms with van der Waals surface area (Å²) in [5, 5.41) is 8.84. The molecule has 0 aromatic carbocycles. The summed E-state index contributed by atoms with van der Waals surface area (Å²) in [6.45, 7) is 6.79. The molecule has 16 heavy (non-hydrogen) atoms.